The Morgan fingerprint density at radius 2 is 1.94 bits per heavy atom. The fourth-order valence-corrected chi connectivity index (χ4v) is 2.74. The van der Waals surface area contributed by atoms with Gasteiger partial charge in [-0.05, 0) is 26.2 Å². The largest absolute Gasteiger partial charge is 0.311 e. The average Bonchev–Trinajstić information content (AvgIpc) is 2.28. The lowest BCUT2D eigenvalue weighted by molar-refractivity contribution is 0.0748. The maximum absolute atomic E-state index is 3.75. The van der Waals surface area contributed by atoms with Crippen molar-refractivity contribution in [3.05, 3.63) is 0 Å². The average molecular weight is 226 g/mol. The molecule has 1 aliphatic heterocycles. The van der Waals surface area contributed by atoms with Crippen LogP contribution in [0.1, 0.15) is 53.9 Å². The second-order valence-electron chi connectivity index (χ2n) is 5.63. The molecule has 0 radical (unpaired) electrons. The zero-order valence-corrected chi connectivity index (χ0v) is 11.8. The standard InChI is InChI=1S/C14H30N2/c1-6-8-13-9-15-14(12(5)7-2)10-16(13)11(3)4/h11-15H,6-10H2,1-5H3. The van der Waals surface area contributed by atoms with Crippen LogP contribution in [-0.2, 0) is 0 Å². The van der Waals surface area contributed by atoms with E-state index in [1.54, 1.807) is 0 Å². The first kappa shape index (κ1) is 14.0. The topological polar surface area (TPSA) is 15.3 Å². The minimum atomic E-state index is 0.685. The summed E-state index contributed by atoms with van der Waals surface area (Å²) in [5.41, 5.74) is 0. The van der Waals surface area contributed by atoms with E-state index in [4.69, 9.17) is 0 Å². The van der Waals surface area contributed by atoms with Crippen molar-refractivity contribution in [2.24, 2.45) is 5.92 Å². The molecule has 16 heavy (non-hydrogen) atoms. The number of hydrogen-bond donors (Lipinski definition) is 1. The van der Waals surface area contributed by atoms with Crippen molar-refractivity contribution in [2.75, 3.05) is 13.1 Å². The van der Waals surface area contributed by atoms with Gasteiger partial charge < -0.3 is 5.32 Å². The van der Waals surface area contributed by atoms with Gasteiger partial charge in [0.25, 0.3) is 0 Å². The molecule has 0 aliphatic carbocycles. The molecule has 1 fully saturated rings. The monoisotopic (exact) mass is 226 g/mol. The van der Waals surface area contributed by atoms with Gasteiger partial charge in [-0.3, -0.25) is 4.90 Å². The first-order chi connectivity index (χ1) is 7.60. The molecule has 96 valence electrons. The molecular formula is C14H30N2. The van der Waals surface area contributed by atoms with E-state index >= 15 is 0 Å². The minimum absolute atomic E-state index is 0.685. The molecule has 0 aromatic carbocycles. The van der Waals surface area contributed by atoms with Gasteiger partial charge in [0.1, 0.15) is 0 Å². The molecule has 2 nitrogen and oxygen atoms in total. The molecule has 1 N–H and O–H groups in total. The predicted octanol–water partition coefficient (Wildman–Crippen LogP) is 2.88. The van der Waals surface area contributed by atoms with Crippen molar-refractivity contribution in [1.82, 2.24) is 10.2 Å². The number of nitrogens with one attached hydrogen (secondary N) is 1. The highest BCUT2D eigenvalue weighted by molar-refractivity contribution is 4.89. The van der Waals surface area contributed by atoms with Gasteiger partial charge in [-0.2, -0.15) is 0 Å². The van der Waals surface area contributed by atoms with Crippen LogP contribution in [0.5, 0.6) is 0 Å². The maximum Gasteiger partial charge on any atom is 0.0224 e. The highest BCUT2D eigenvalue weighted by atomic mass is 15.2. The molecule has 0 amide bonds. The lowest BCUT2D eigenvalue weighted by atomic mass is 9.93. The molecule has 3 atom stereocenters. The number of hydrogen-bond acceptors (Lipinski definition) is 2. The third kappa shape index (κ3) is 3.46. The summed E-state index contributed by atoms with van der Waals surface area (Å²) in [6.45, 7) is 14.0. The molecular weight excluding hydrogens is 196 g/mol. The number of rotatable bonds is 5. The lowest BCUT2D eigenvalue weighted by Gasteiger charge is -2.44. The van der Waals surface area contributed by atoms with Crippen LogP contribution in [-0.4, -0.2) is 36.1 Å². The second kappa shape index (κ2) is 6.61. The van der Waals surface area contributed by atoms with Crippen LogP contribution in [0, 0.1) is 5.92 Å². The van der Waals surface area contributed by atoms with E-state index in [1.807, 2.05) is 0 Å². The van der Waals surface area contributed by atoms with Crippen LogP contribution in [0.25, 0.3) is 0 Å². The smallest absolute Gasteiger partial charge is 0.0224 e. The van der Waals surface area contributed by atoms with Crippen molar-refractivity contribution in [1.29, 1.82) is 0 Å². The van der Waals surface area contributed by atoms with Crippen LogP contribution in [0.2, 0.25) is 0 Å². The normalized spacial score (nSPS) is 29.6. The first-order valence-corrected chi connectivity index (χ1v) is 7.09. The molecule has 0 spiro atoms. The highest BCUT2D eigenvalue weighted by Crippen LogP contribution is 2.20. The molecule has 0 bridgehead atoms. The fraction of sp³-hybridized carbons (Fsp3) is 1.00. The molecule has 0 saturated carbocycles. The Labute approximate surface area is 102 Å². The van der Waals surface area contributed by atoms with Crippen molar-refractivity contribution >= 4 is 0 Å². The van der Waals surface area contributed by atoms with Crippen molar-refractivity contribution < 1.29 is 0 Å². The van der Waals surface area contributed by atoms with Gasteiger partial charge in [-0.15, -0.1) is 0 Å². The van der Waals surface area contributed by atoms with Crippen LogP contribution in [0.4, 0.5) is 0 Å². The Balaban J connectivity index is 2.57. The van der Waals surface area contributed by atoms with Gasteiger partial charge in [0.15, 0.2) is 0 Å². The van der Waals surface area contributed by atoms with E-state index in [-0.39, 0.29) is 0 Å². The third-order valence-electron chi connectivity index (χ3n) is 4.11. The minimum Gasteiger partial charge on any atom is -0.311 e. The van der Waals surface area contributed by atoms with E-state index < -0.39 is 0 Å². The quantitative estimate of drug-likeness (QED) is 0.775. The van der Waals surface area contributed by atoms with E-state index in [9.17, 15) is 0 Å². The van der Waals surface area contributed by atoms with Gasteiger partial charge in [0, 0.05) is 31.2 Å². The van der Waals surface area contributed by atoms with Crippen molar-refractivity contribution in [2.45, 2.75) is 72.0 Å². The Hall–Kier alpha value is -0.0800. The summed E-state index contributed by atoms with van der Waals surface area (Å²) in [6, 6.07) is 2.14. The summed E-state index contributed by atoms with van der Waals surface area (Å²) in [5, 5.41) is 3.75. The molecule has 2 heteroatoms. The van der Waals surface area contributed by atoms with E-state index in [1.165, 1.54) is 32.4 Å². The number of piperazine rings is 1. The van der Waals surface area contributed by atoms with Gasteiger partial charge >= 0.3 is 0 Å². The summed E-state index contributed by atoms with van der Waals surface area (Å²) in [7, 11) is 0. The fourth-order valence-electron chi connectivity index (χ4n) is 2.74. The van der Waals surface area contributed by atoms with Crippen molar-refractivity contribution in [3.8, 4) is 0 Å². The highest BCUT2D eigenvalue weighted by Gasteiger charge is 2.30. The Morgan fingerprint density at radius 1 is 1.25 bits per heavy atom. The van der Waals surface area contributed by atoms with E-state index in [0.717, 1.165) is 12.0 Å². The predicted molar refractivity (Wildman–Crippen MR) is 71.8 cm³/mol. The molecule has 0 aromatic heterocycles. The summed E-state index contributed by atoms with van der Waals surface area (Å²) in [5.74, 6) is 0.795. The SMILES string of the molecule is CCCC1CNC(C(C)CC)CN1C(C)C. The molecule has 1 saturated heterocycles. The van der Waals surface area contributed by atoms with Crippen LogP contribution < -0.4 is 5.32 Å². The van der Waals surface area contributed by atoms with Crippen molar-refractivity contribution in [3.63, 3.8) is 0 Å². The summed E-state index contributed by atoms with van der Waals surface area (Å²) in [4.78, 5) is 2.71. The van der Waals surface area contributed by atoms with E-state index in [2.05, 4.69) is 44.8 Å². The zero-order valence-electron chi connectivity index (χ0n) is 11.8. The Kier molecular flexibility index (Phi) is 5.77. The molecule has 3 unspecified atom stereocenters. The third-order valence-corrected chi connectivity index (χ3v) is 4.11. The Morgan fingerprint density at radius 3 is 2.44 bits per heavy atom. The van der Waals surface area contributed by atoms with Gasteiger partial charge in [0.05, 0.1) is 0 Å². The maximum atomic E-state index is 3.75. The summed E-state index contributed by atoms with van der Waals surface area (Å²) in [6.07, 6.45) is 3.91. The summed E-state index contributed by atoms with van der Waals surface area (Å²) >= 11 is 0. The van der Waals surface area contributed by atoms with Crippen LogP contribution in [0.15, 0.2) is 0 Å². The molecule has 1 aliphatic rings. The number of nitrogens with zero attached hydrogens (tertiary/aromatic N) is 1. The molecule has 0 aromatic rings. The van der Waals surface area contributed by atoms with Gasteiger partial charge in [0.2, 0.25) is 0 Å². The Bertz CT molecular complexity index is 191. The molecule has 1 rings (SSSR count). The van der Waals surface area contributed by atoms with E-state index in [0.29, 0.717) is 12.1 Å². The second-order valence-corrected chi connectivity index (χ2v) is 5.63. The zero-order chi connectivity index (χ0) is 12.1. The van der Waals surface area contributed by atoms with Gasteiger partial charge in [-0.1, -0.05) is 33.6 Å². The lowest BCUT2D eigenvalue weighted by Crippen LogP contribution is -2.60. The first-order valence-electron chi connectivity index (χ1n) is 7.09. The van der Waals surface area contributed by atoms with Crippen LogP contribution >= 0.6 is 0 Å². The van der Waals surface area contributed by atoms with Gasteiger partial charge in [-0.25, -0.2) is 0 Å². The van der Waals surface area contributed by atoms with Crippen LogP contribution in [0.3, 0.4) is 0 Å². The summed E-state index contributed by atoms with van der Waals surface area (Å²) < 4.78 is 0. The molecule has 1 heterocycles.